The Bertz CT molecular complexity index is 897. The Hall–Kier alpha value is -2.51. The lowest BCUT2D eigenvalue weighted by atomic mass is 10.00. The average Bonchev–Trinajstić information content (AvgIpc) is 3.06. The van der Waals surface area contributed by atoms with Crippen molar-refractivity contribution >= 4 is 10.0 Å². The summed E-state index contributed by atoms with van der Waals surface area (Å²) in [5, 5.41) is 3.61. The molecule has 0 spiro atoms. The second-order valence-electron chi connectivity index (χ2n) is 5.27. The van der Waals surface area contributed by atoms with Crippen molar-refractivity contribution in [1.29, 1.82) is 0 Å². The number of hydrogen-bond acceptors (Lipinski definition) is 4. The standard InChI is InChI=1S/C17H15FN2O3S/c18-15-8-4-7-14(11-15)17(13-5-2-1-3-6-13)20-24(21,22)12-16-9-10-23-19-16/h1-11,17,20H,12H2/t17-/m0/s1. The second-order valence-corrected chi connectivity index (χ2v) is 7.02. The Labute approximate surface area is 139 Å². The molecule has 0 aliphatic carbocycles. The molecule has 0 fully saturated rings. The van der Waals surface area contributed by atoms with Gasteiger partial charge in [0.05, 0.1) is 11.7 Å². The minimum Gasteiger partial charge on any atom is -0.364 e. The third kappa shape index (κ3) is 4.06. The third-order valence-electron chi connectivity index (χ3n) is 3.44. The Morgan fingerprint density at radius 3 is 2.46 bits per heavy atom. The van der Waals surface area contributed by atoms with Crippen LogP contribution in [0.1, 0.15) is 22.9 Å². The Morgan fingerprint density at radius 1 is 1.04 bits per heavy atom. The topological polar surface area (TPSA) is 72.2 Å². The van der Waals surface area contributed by atoms with Crippen LogP contribution >= 0.6 is 0 Å². The maximum Gasteiger partial charge on any atom is 0.218 e. The van der Waals surface area contributed by atoms with E-state index in [0.29, 0.717) is 16.8 Å². The molecule has 0 aliphatic rings. The van der Waals surface area contributed by atoms with Crippen LogP contribution in [0, 0.1) is 5.82 Å². The summed E-state index contributed by atoms with van der Waals surface area (Å²) in [7, 11) is -3.71. The molecule has 0 unspecified atom stereocenters. The highest BCUT2D eigenvalue weighted by molar-refractivity contribution is 7.88. The van der Waals surface area contributed by atoms with Crippen molar-refractivity contribution in [3.8, 4) is 0 Å². The van der Waals surface area contributed by atoms with Crippen LogP contribution < -0.4 is 4.72 Å². The van der Waals surface area contributed by atoms with Gasteiger partial charge in [0, 0.05) is 6.07 Å². The number of nitrogens with zero attached hydrogens (tertiary/aromatic N) is 1. The summed E-state index contributed by atoms with van der Waals surface area (Å²) in [5.74, 6) is -0.744. The summed E-state index contributed by atoms with van der Waals surface area (Å²) >= 11 is 0. The van der Waals surface area contributed by atoms with Gasteiger partial charge >= 0.3 is 0 Å². The summed E-state index contributed by atoms with van der Waals surface area (Å²) in [6.07, 6.45) is 1.31. The highest BCUT2D eigenvalue weighted by atomic mass is 32.2. The quantitative estimate of drug-likeness (QED) is 0.745. The van der Waals surface area contributed by atoms with Gasteiger partial charge < -0.3 is 4.52 Å². The zero-order valence-corrected chi connectivity index (χ0v) is 13.4. The number of benzene rings is 2. The first-order valence-electron chi connectivity index (χ1n) is 7.23. The van der Waals surface area contributed by atoms with Crippen LogP contribution in [0.5, 0.6) is 0 Å². The van der Waals surface area contributed by atoms with E-state index in [0.717, 1.165) is 0 Å². The minimum absolute atomic E-state index is 0.300. The predicted molar refractivity (Wildman–Crippen MR) is 86.9 cm³/mol. The van der Waals surface area contributed by atoms with E-state index in [2.05, 4.69) is 14.4 Å². The minimum atomic E-state index is -3.71. The van der Waals surface area contributed by atoms with Crippen LogP contribution in [0.25, 0.3) is 0 Å². The Balaban J connectivity index is 1.93. The van der Waals surface area contributed by atoms with Gasteiger partial charge in [0.2, 0.25) is 10.0 Å². The van der Waals surface area contributed by atoms with Crippen molar-refractivity contribution in [1.82, 2.24) is 9.88 Å². The smallest absolute Gasteiger partial charge is 0.218 e. The molecule has 3 aromatic rings. The van der Waals surface area contributed by atoms with Crippen LogP contribution in [0.3, 0.4) is 0 Å². The molecule has 2 aromatic carbocycles. The molecule has 0 saturated heterocycles. The first-order valence-corrected chi connectivity index (χ1v) is 8.88. The first kappa shape index (κ1) is 16.4. The molecule has 7 heteroatoms. The zero-order valence-electron chi connectivity index (χ0n) is 12.6. The summed E-state index contributed by atoms with van der Waals surface area (Å²) in [5.41, 5.74) is 1.53. The molecule has 0 amide bonds. The number of halogens is 1. The number of nitrogens with one attached hydrogen (secondary N) is 1. The fourth-order valence-corrected chi connectivity index (χ4v) is 3.64. The lowest BCUT2D eigenvalue weighted by Crippen LogP contribution is -2.30. The van der Waals surface area contributed by atoms with E-state index in [1.807, 2.05) is 6.07 Å². The molecule has 0 bridgehead atoms. The summed E-state index contributed by atoms with van der Waals surface area (Å²) in [6, 6.07) is 15.6. The SMILES string of the molecule is O=S(=O)(Cc1ccon1)N[C@@H](c1ccccc1)c1cccc(F)c1. The van der Waals surface area contributed by atoms with Crippen molar-refractivity contribution in [2.45, 2.75) is 11.8 Å². The lowest BCUT2D eigenvalue weighted by molar-refractivity contribution is 0.413. The number of sulfonamides is 1. The van der Waals surface area contributed by atoms with Gasteiger partial charge in [-0.1, -0.05) is 47.6 Å². The van der Waals surface area contributed by atoms with Crippen LogP contribution in [-0.4, -0.2) is 13.6 Å². The van der Waals surface area contributed by atoms with E-state index < -0.39 is 21.9 Å². The van der Waals surface area contributed by atoms with Gasteiger partial charge in [-0.3, -0.25) is 0 Å². The van der Waals surface area contributed by atoms with Gasteiger partial charge in [0.1, 0.15) is 17.8 Å². The maximum absolute atomic E-state index is 13.6. The Kier molecular flexibility index (Phi) is 4.73. The van der Waals surface area contributed by atoms with Crippen LogP contribution in [0.2, 0.25) is 0 Å². The van der Waals surface area contributed by atoms with Gasteiger partial charge in [-0.25, -0.2) is 17.5 Å². The summed E-state index contributed by atoms with van der Waals surface area (Å²) < 4.78 is 45.8. The molecular formula is C17H15FN2O3S. The lowest BCUT2D eigenvalue weighted by Gasteiger charge is -2.19. The van der Waals surface area contributed by atoms with Crippen LogP contribution in [0.4, 0.5) is 4.39 Å². The fourth-order valence-electron chi connectivity index (χ4n) is 2.39. The van der Waals surface area contributed by atoms with Gasteiger partial charge in [0.25, 0.3) is 0 Å². The van der Waals surface area contributed by atoms with E-state index >= 15 is 0 Å². The highest BCUT2D eigenvalue weighted by Gasteiger charge is 2.22. The largest absolute Gasteiger partial charge is 0.364 e. The van der Waals surface area contributed by atoms with Gasteiger partial charge in [0.15, 0.2) is 0 Å². The second kappa shape index (κ2) is 6.94. The molecule has 124 valence electrons. The first-order chi connectivity index (χ1) is 11.5. The average molecular weight is 346 g/mol. The van der Waals surface area contributed by atoms with E-state index in [1.165, 1.54) is 24.5 Å². The number of aromatic nitrogens is 1. The normalized spacial score (nSPS) is 12.9. The molecule has 0 radical (unpaired) electrons. The van der Waals surface area contributed by atoms with Crippen molar-refractivity contribution in [3.63, 3.8) is 0 Å². The van der Waals surface area contributed by atoms with E-state index in [1.54, 1.807) is 36.4 Å². The van der Waals surface area contributed by atoms with Crippen molar-refractivity contribution in [2.75, 3.05) is 0 Å². The van der Waals surface area contributed by atoms with E-state index in [-0.39, 0.29) is 5.75 Å². The van der Waals surface area contributed by atoms with Crippen LogP contribution in [0.15, 0.2) is 71.4 Å². The number of rotatable bonds is 6. The molecule has 1 aromatic heterocycles. The highest BCUT2D eigenvalue weighted by Crippen LogP contribution is 2.24. The fraction of sp³-hybridized carbons (Fsp3) is 0.118. The summed E-state index contributed by atoms with van der Waals surface area (Å²) in [4.78, 5) is 0. The van der Waals surface area contributed by atoms with Gasteiger partial charge in [-0.05, 0) is 23.3 Å². The molecule has 0 saturated carbocycles. The summed E-state index contributed by atoms with van der Waals surface area (Å²) in [6.45, 7) is 0. The number of hydrogen-bond donors (Lipinski definition) is 1. The predicted octanol–water partition coefficient (Wildman–Crippen LogP) is 3.02. The molecule has 3 rings (SSSR count). The van der Waals surface area contributed by atoms with Gasteiger partial charge in [-0.2, -0.15) is 0 Å². The molecule has 1 N–H and O–H groups in total. The third-order valence-corrected chi connectivity index (χ3v) is 4.71. The monoisotopic (exact) mass is 346 g/mol. The zero-order chi connectivity index (χ0) is 17.0. The van der Waals surface area contributed by atoms with Crippen LogP contribution in [-0.2, 0) is 15.8 Å². The molecule has 0 aliphatic heterocycles. The molecule has 24 heavy (non-hydrogen) atoms. The van der Waals surface area contributed by atoms with Crippen molar-refractivity contribution < 1.29 is 17.3 Å². The molecule has 1 atom stereocenters. The Morgan fingerprint density at radius 2 is 1.79 bits per heavy atom. The molecular weight excluding hydrogens is 331 g/mol. The maximum atomic E-state index is 13.6. The van der Waals surface area contributed by atoms with E-state index in [4.69, 9.17) is 0 Å². The van der Waals surface area contributed by atoms with Gasteiger partial charge in [-0.15, -0.1) is 0 Å². The van der Waals surface area contributed by atoms with Crippen molar-refractivity contribution in [2.24, 2.45) is 0 Å². The molecule has 5 nitrogen and oxygen atoms in total. The van der Waals surface area contributed by atoms with Crippen molar-refractivity contribution in [3.05, 3.63) is 89.6 Å². The molecule has 1 heterocycles. The van der Waals surface area contributed by atoms with E-state index in [9.17, 15) is 12.8 Å².